The topological polar surface area (TPSA) is 41.6 Å². The number of fused-ring (bicyclic) bond motifs is 1. The molecule has 1 aromatic carbocycles. The van der Waals surface area contributed by atoms with Crippen molar-refractivity contribution in [3.63, 3.8) is 0 Å². The summed E-state index contributed by atoms with van der Waals surface area (Å²) in [5, 5.41) is 1.13. The molecule has 0 amide bonds. The molecule has 0 aliphatic rings. The fourth-order valence-electron chi connectivity index (χ4n) is 1.77. The second-order valence-electron chi connectivity index (χ2n) is 3.70. The van der Waals surface area contributed by atoms with Crippen molar-refractivity contribution in [3.05, 3.63) is 53.6 Å². The summed E-state index contributed by atoms with van der Waals surface area (Å²) in [6, 6.07) is 12.0. The molecule has 0 aliphatic heterocycles. The maximum absolute atomic E-state index is 5.01. The third kappa shape index (κ3) is 1.94. The molecule has 0 bridgehead atoms. The summed E-state index contributed by atoms with van der Waals surface area (Å²) < 4.78 is 0.489. The molecule has 0 unspecified atom stereocenters. The number of pyridine rings is 1. The van der Waals surface area contributed by atoms with Gasteiger partial charge in [-0.2, -0.15) is 0 Å². The van der Waals surface area contributed by atoms with Crippen LogP contribution in [0, 0.1) is 4.77 Å². The van der Waals surface area contributed by atoms with Crippen LogP contribution in [0.25, 0.3) is 22.2 Å². The minimum Gasteiger partial charge on any atom is -0.330 e. The van der Waals surface area contributed by atoms with Crippen LogP contribution in [-0.2, 0) is 0 Å². The van der Waals surface area contributed by atoms with E-state index in [2.05, 4.69) is 21.0 Å². The number of aromatic nitrogens is 3. The van der Waals surface area contributed by atoms with Gasteiger partial charge in [-0.25, -0.2) is 4.98 Å². The highest BCUT2D eigenvalue weighted by Crippen LogP contribution is 2.20. The molecule has 2 aromatic heterocycles. The fraction of sp³-hybridized carbons (Fsp3) is 0. The third-order valence-corrected chi connectivity index (χ3v) is 2.80. The third-order valence-electron chi connectivity index (χ3n) is 2.59. The van der Waals surface area contributed by atoms with Crippen LogP contribution in [0.3, 0.4) is 0 Å². The molecular weight excluding hydrogens is 230 g/mol. The highest BCUT2D eigenvalue weighted by molar-refractivity contribution is 7.71. The number of hydrogen-bond acceptors (Lipinski definition) is 3. The molecule has 0 radical (unpaired) electrons. The molecule has 17 heavy (non-hydrogen) atoms. The minimum absolute atomic E-state index is 0.489. The van der Waals surface area contributed by atoms with Crippen molar-refractivity contribution in [2.24, 2.45) is 0 Å². The van der Waals surface area contributed by atoms with Gasteiger partial charge in [0.1, 0.15) is 0 Å². The van der Waals surface area contributed by atoms with Gasteiger partial charge in [0.2, 0.25) is 0 Å². The molecule has 0 saturated heterocycles. The van der Waals surface area contributed by atoms with Crippen LogP contribution in [0.2, 0.25) is 0 Å². The van der Waals surface area contributed by atoms with Gasteiger partial charge in [-0.05, 0) is 30.4 Å². The molecular formula is C13H9N3S. The zero-order valence-corrected chi connectivity index (χ0v) is 9.74. The highest BCUT2D eigenvalue weighted by atomic mass is 32.1. The minimum atomic E-state index is 0.489. The molecule has 0 aliphatic carbocycles. The number of H-pyrrole nitrogens is 1. The average Bonchev–Trinajstić information content (AvgIpc) is 2.38. The summed E-state index contributed by atoms with van der Waals surface area (Å²) in [6.07, 6.45) is 3.50. The van der Waals surface area contributed by atoms with Crippen LogP contribution >= 0.6 is 12.2 Å². The SMILES string of the molecule is S=c1nccc(-c2ccc3cccnc3c2)[nH]1. The standard InChI is InChI=1S/C13H9N3S/c17-13-15-7-5-11(16-13)10-4-3-9-2-1-6-14-12(9)8-10/h1-8H,(H,15,16,17). The van der Waals surface area contributed by atoms with E-state index in [1.54, 1.807) is 12.4 Å². The number of benzene rings is 1. The number of aromatic amines is 1. The van der Waals surface area contributed by atoms with E-state index in [9.17, 15) is 0 Å². The molecule has 3 nitrogen and oxygen atoms in total. The van der Waals surface area contributed by atoms with Gasteiger partial charge in [0, 0.05) is 29.0 Å². The predicted molar refractivity (Wildman–Crippen MR) is 70.2 cm³/mol. The number of hydrogen-bond donors (Lipinski definition) is 1. The van der Waals surface area contributed by atoms with Crippen LogP contribution in [0.5, 0.6) is 0 Å². The molecule has 0 atom stereocenters. The summed E-state index contributed by atoms with van der Waals surface area (Å²) in [6.45, 7) is 0. The summed E-state index contributed by atoms with van der Waals surface area (Å²) >= 11 is 5.01. The second-order valence-corrected chi connectivity index (χ2v) is 4.09. The quantitative estimate of drug-likeness (QED) is 0.662. The molecule has 2 heterocycles. The van der Waals surface area contributed by atoms with Gasteiger partial charge < -0.3 is 4.98 Å². The van der Waals surface area contributed by atoms with Gasteiger partial charge in [0.15, 0.2) is 4.77 Å². The van der Waals surface area contributed by atoms with Gasteiger partial charge in [0.25, 0.3) is 0 Å². The van der Waals surface area contributed by atoms with Crippen molar-refractivity contribution >= 4 is 23.1 Å². The molecule has 3 aromatic rings. The first-order chi connectivity index (χ1) is 8.33. The predicted octanol–water partition coefficient (Wildman–Crippen LogP) is 3.35. The number of nitrogens with one attached hydrogen (secondary N) is 1. The first-order valence-corrected chi connectivity index (χ1v) is 5.64. The smallest absolute Gasteiger partial charge is 0.197 e. The van der Waals surface area contributed by atoms with E-state index in [-0.39, 0.29) is 0 Å². The Kier molecular flexibility index (Phi) is 2.42. The molecule has 3 rings (SSSR count). The van der Waals surface area contributed by atoms with Crippen molar-refractivity contribution < 1.29 is 0 Å². The first kappa shape index (κ1) is 10.1. The number of rotatable bonds is 1. The van der Waals surface area contributed by atoms with Crippen LogP contribution in [0.1, 0.15) is 0 Å². The molecule has 4 heteroatoms. The Balaban J connectivity index is 2.21. The van der Waals surface area contributed by atoms with Crippen molar-refractivity contribution in [3.8, 4) is 11.3 Å². The van der Waals surface area contributed by atoms with E-state index >= 15 is 0 Å². The van der Waals surface area contributed by atoms with Gasteiger partial charge in [-0.3, -0.25) is 4.98 Å². The maximum Gasteiger partial charge on any atom is 0.197 e. The van der Waals surface area contributed by atoms with Gasteiger partial charge in [-0.15, -0.1) is 0 Å². The lowest BCUT2D eigenvalue weighted by molar-refractivity contribution is 1.14. The summed E-state index contributed by atoms with van der Waals surface area (Å²) in [5.41, 5.74) is 2.99. The van der Waals surface area contributed by atoms with Crippen molar-refractivity contribution in [2.75, 3.05) is 0 Å². The average molecular weight is 239 g/mol. The molecule has 0 saturated carbocycles. The van der Waals surface area contributed by atoms with E-state index < -0.39 is 0 Å². The molecule has 0 spiro atoms. The van der Waals surface area contributed by atoms with Gasteiger partial charge in [0.05, 0.1) is 5.52 Å². The Labute approximate surface area is 103 Å². The summed E-state index contributed by atoms with van der Waals surface area (Å²) in [4.78, 5) is 11.4. The lowest BCUT2D eigenvalue weighted by Gasteiger charge is -2.03. The lowest BCUT2D eigenvalue weighted by atomic mass is 10.1. The Bertz CT molecular complexity index is 734. The van der Waals surface area contributed by atoms with E-state index in [1.165, 1.54) is 0 Å². The Hall–Kier alpha value is -2.07. The van der Waals surface area contributed by atoms with Crippen molar-refractivity contribution in [2.45, 2.75) is 0 Å². The van der Waals surface area contributed by atoms with E-state index in [4.69, 9.17) is 12.2 Å². The summed E-state index contributed by atoms with van der Waals surface area (Å²) in [7, 11) is 0. The largest absolute Gasteiger partial charge is 0.330 e. The monoisotopic (exact) mass is 239 g/mol. The second kappa shape index (κ2) is 4.07. The molecule has 82 valence electrons. The number of nitrogens with zero attached hydrogens (tertiary/aromatic N) is 2. The van der Waals surface area contributed by atoms with E-state index in [0.717, 1.165) is 22.2 Å². The van der Waals surface area contributed by atoms with Crippen LogP contribution in [-0.4, -0.2) is 15.0 Å². The van der Waals surface area contributed by atoms with E-state index in [0.29, 0.717) is 4.77 Å². The van der Waals surface area contributed by atoms with Crippen molar-refractivity contribution in [1.82, 2.24) is 15.0 Å². The molecule has 1 N–H and O–H groups in total. The van der Waals surface area contributed by atoms with Crippen molar-refractivity contribution in [1.29, 1.82) is 0 Å². The van der Waals surface area contributed by atoms with Gasteiger partial charge in [-0.1, -0.05) is 18.2 Å². The summed E-state index contributed by atoms with van der Waals surface area (Å²) in [5.74, 6) is 0. The lowest BCUT2D eigenvalue weighted by Crippen LogP contribution is -1.87. The highest BCUT2D eigenvalue weighted by Gasteiger charge is 2.00. The van der Waals surface area contributed by atoms with Crippen LogP contribution in [0.15, 0.2) is 48.8 Å². The molecule has 0 fully saturated rings. The zero-order chi connectivity index (χ0) is 11.7. The van der Waals surface area contributed by atoms with Crippen LogP contribution < -0.4 is 0 Å². The Morgan fingerprint density at radius 1 is 1.00 bits per heavy atom. The fourth-order valence-corrected chi connectivity index (χ4v) is 1.94. The van der Waals surface area contributed by atoms with Crippen LogP contribution in [0.4, 0.5) is 0 Å². The van der Waals surface area contributed by atoms with E-state index in [1.807, 2.05) is 30.3 Å². The zero-order valence-electron chi connectivity index (χ0n) is 8.92. The Morgan fingerprint density at radius 3 is 2.82 bits per heavy atom. The van der Waals surface area contributed by atoms with Gasteiger partial charge >= 0.3 is 0 Å². The first-order valence-electron chi connectivity index (χ1n) is 5.23. The normalized spacial score (nSPS) is 10.6. The Morgan fingerprint density at radius 2 is 1.94 bits per heavy atom. The maximum atomic E-state index is 5.01.